The van der Waals surface area contributed by atoms with Gasteiger partial charge in [-0.2, -0.15) is 0 Å². The van der Waals surface area contributed by atoms with Crippen LogP contribution in [0, 0.1) is 5.92 Å². The summed E-state index contributed by atoms with van der Waals surface area (Å²) in [6.07, 6.45) is 14.1. The number of hydrogen-bond acceptors (Lipinski definition) is 4. The number of amides is 1. The van der Waals surface area contributed by atoms with E-state index in [2.05, 4.69) is 63.5 Å². The molecule has 1 unspecified atom stereocenters. The minimum absolute atomic E-state index is 0.396. The summed E-state index contributed by atoms with van der Waals surface area (Å²) < 4.78 is 0.942. The lowest BCUT2D eigenvalue weighted by molar-refractivity contribution is 0.100. The molecule has 5 nitrogen and oxygen atoms in total. The van der Waals surface area contributed by atoms with E-state index in [-0.39, 0.29) is 0 Å². The predicted octanol–water partition coefficient (Wildman–Crippen LogP) is 7.78. The lowest BCUT2D eigenvalue weighted by Gasteiger charge is -2.29. The molecule has 2 fully saturated rings. The van der Waals surface area contributed by atoms with E-state index in [4.69, 9.17) is 5.73 Å². The Morgan fingerprint density at radius 1 is 0.886 bits per heavy atom. The number of nitrogens with two attached hydrogens (primary N) is 1. The van der Waals surface area contributed by atoms with Gasteiger partial charge in [0.2, 0.25) is 5.91 Å². The maximum absolute atomic E-state index is 10.5. The van der Waals surface area contributed by atoms with Crippen LogP contribution in [0.3, 0.4) is 0 Å². The Morgan fingerprint density at radius 3 is 2.09 bits per heavy atom. The number of nitrogens with one attached hydrogen (secondary N) is 2. The van der Waals surface area contributed by atoms with E-state index in [0.29, 0.717) is 11.7 Å². The van der Waals surface area contributed by atoms with E-state index >= 15 is 0 Å². The van der Waals surface area contributed by atoms with Crippen LogP contribution >= 0.6 is 15.9 Å². The Bertz CT molecular complexity index is 903. The third-order valence-electron chi connectivity index (χ3n) is 7.10. The summed E-state index contributed by atoms with van der Waals surface area (Å²) in [5, 5.41) is 7.45. The van der Waals surface area contributed by atoms with Gasteiger partial charge in [0.1, 0.15) is 0 Å². The van der Waals surface area contributed by atoms with Crippen molar-refractivity contribution >= 4 is 38.9 Å². The monoisotopic (exact) mass is 542 g/mol. The number of piperidine rings is 1. The molecule has 0 bridgehead atoms. The molecule has 35 heavy (non-hydrogen) atoms. The third kappa shape index (κ3) is 8.45. The zero-order chi connectivity index (χ0) is 25.0. The van der Waals surface area contributed by atoms with E-state index in [1.807, 2.05) is 0 Å². The largest absolute Gasteiger partial charge is 0.371 e. The van der Waals surface area contributed by atoms with Crippen molar-refractivity contribution in [1.29, 1.82) is 0 Å². The molecule has 0 spiro atoms. The van der Waals surface area contributed by atoms with Gasteiger partial charge in [-0.1, -0.05) is 61.9 Å². The van der Waals surface area contributed by atoms with Gasteiger partial charge in [0.05, 0.1) is 17.5 Å². The highest BCUT2D eigenvalue weighted by Crippen LogP contribution is 2.38. The first-order valence-electron chi connectivity index (χ1n) is 13.5. The molecular weight excluding hydrogens is 500 g/mol. The highest BCUT2D eigenvalue weighted by molar-refractivity contribution is 9.10. The van der Waals surface area contributed by atoms with Gasteiger partial charge in [0.15, 0.2) is 0 Å². The molecule has 1 atom stereocenters. The van der Waals surface area contributed by atoms with Crippen LogP contribution in [0.5, 0.6) is 0 Å². The van der Waals surface area contributed by atoms with Crippen molar-refractivity contribution < 1.29 is 4.79 Å². The van der Waals surface area contributed by atoms with Gasteiger partial charge >= 0.3 is 0 Å². The number of primary amides is 1. The number of unbranched alkanes of at least 4 members (excludes halogenated alkanes) is 1. The van der Waals surface area contributed by atoms with Gasteiger partial charge in [0.25, 0.3) is 0 Å². The second-order valence-electron chi connectivity index (χ2n) is 9.81. The van der Waals surface area contributed by atoms with Crippen molar-refractivity contribution in [3.8, 4) is 0 Å². The van der Waals surface area contributed by atoms with Crippen LogP contribution in [-0.2, 0) is 0 Å². The standard InChI is InChI=1S/C18H27N3.C7H6BrNO.C4H10/c1-3-7-14(8-4-1)18-19-16-10-9-15(13-17(16)20-18)21-11-5-2-6-12-21;8-6-3-1-5(2-4-6)7(9)10;1-3-4-2/h9-10,13-14,18-20H,1-8,11-12H2;1-4H,(H2,9,10);3-4H2,1-2H3. The molecule has 2 aromatic carbocycles. The summed E-state index contributed by atoms with van der Waals surface area (Å²) in [6.45, 7) is 6.80. The molecule has 4 N–H and O–H groups in total. The van der Waals surface area contributed by atoms with E-state index < -0.39 is 5.91 Å². The molecule has 1 saturated carbocycles. The van der Waals surface area contributed by atoms with E-state index in [1.54, 1.807) is 24.3 Å². The van der Waals surface area contributed by atoms with E-state index in [1.165, 1.54) is 94.4 Å². The number of rotatable bonds is 4. The van der Waals surface area contributed by atoms with Gasteiger partial charge in [0, 0.05) is 28.8 Å². The van der Waals surface area contributed by atoms with Crippen molar-refractivity contribution in [2.45, 2.75) is 84.2 Å². The molecule has 1 amide bonds. The minimum atomic E-state index is -0.396. The van der Waals surface area contributed by atoms with Crippen LogP contribution in [0.4, 0.5) is 17.1 Å². The summed E-state index contributed by atoms with van der Waals surface area (Å²) in [5.74, 6) is 0.400. The number of halogens is 1. The van der Waals surface area contributed by atoms with Crippen molar-refractivity contribution in [1.82, 2.24) is 0 Å². The first-order chi connectivity index (χ1) is 17.0. The van der Waals surface area contributed by atoms with Crippen molar-refractivity contribution in [3.05, 3.63) is 52.5 Å². The Balaban J connectivity index is 0.000000205. The van der Waals surface area contributed by atoms with Crippen molar-refractivity contribution in [2.75, 3.05) is 28.6 Å². The normalized spacial score (nSPS) is 19.2. The highest BCUT2D eigenvalue weighted by atomic mass is 79.9. The Morgan fingerprint density at radius 2 is 1.49 bits per heavy atom. The van der Waals surface area contributed by atoms with Gasteiger partial charge in [-0.3, -0.25) is 4.79 Å². The second kappa shape index (κ2) is 14.4. The molecule has 192 valence electrons. The molecule has 6 heteroatoms. The maximum Gasteiger partial charge on any atom is 0.248 e. The lowest BCUT2D eigenvalue weighted by atomic mass is 9.87. The number of hydrogen-bond donors (Lipinski definition) is 3. The molecule has 2 aromatic rings. The smallest absolute Gasteiger partial charge is 0.248 e. The summed E-state index contributed by atoms with van der Waals surface area (Å²) in [5.41, 5.74) is 9.55. The molecular formula is C29H43BrN4O. The molecule has 0 radical (unpaired) electrons. The summed E-state index contributed by atoms with van der Waals surface area (Å²) in [7, 11) is 0. The second-order valence-corrected chi connectivity index (χ2v) is 10.7. The molecule has 0 aromatic heterocycles. The fraction of sp³-hybridized carbons (Fsp3) is 0.552. The Labute approximate surface area is 220 Å². The number of anilines is 3. The highest BCUT2D eigenvalue weighted by Gasteiger charge is 2.29. The number of fused-ring (bicyclic) bond motifs is 1. The predicted molar refractivity (Wildman–Crippen MR) is 153 cm³/mol. The van der Waals surface area contributed by atoms with Crippen molar-refractivity contribution in [2.24, 2.45) is 11.7 Å². The number of carbonyl (C=O) groups is 1. The first-order valence-corrected chi connectivity index (χ1v) is 14.3. The fourth-order valence-electron chi connectivity index (χ4n) is 4.81. The minimum Gasteiger partial charge on any atom is -0.371 e. The third-order valence-corrected chi connectivity index (χ3v) is 7.63. The SMILES string of the molecule is CCCC.NC(=O)c1ccc(Br)cc1.c1cc2c(cc1N1CCCCC1)NC(C1CCCCC1)N2. The van der Waals surface area contributed by atoms with Crippen LogP contribution in [0.1, 0.15) is 88.4 Å². The van der Waals surface area contributed by atoms with Gasteiger partial charge in [-0.25, -0.2) is 0 Å². The molecule has 1 aliphatic carbocycles. The van der Waals surface area contributed by atoms with Gasteiger partial charge in [-0.15, -0.1) is 0 Å². The molecule has 3 aliphatic rings. The number of nitrogens with zero attached hydrogens (tertiary/aromatic N) is 1. The van der Waals surface area contributed by atoms with E-state index in [9.17, 15) is 4.79 Å². The Kier molecular flexibility index (Phi) is 11.2. The van der Waals surface area contributed by atoms with Crippen LogP contribution < -0.4 is 21.3 Å². The van der Waals surface area contributed by atoms with Crippen LogP contribution in [0.25, 0.3) is 0 Å². The van der Waals surface area contributed by atoms with Crippen LogP contribution in [0.15, 0.2) is 46.9 Å². The van der Waals surface area contributed by atoms with Gasteiger partial charge < -0.3 is 21.3 Å². The van der Waals surface area contributed by atoms with Crippen molar-refractivity contribution in [3.63, 3.8) is 0 Å². The zero-order valence-corrected chi connectivity index (χ0v) is 23.1. The fourth-order valence-corrected chi connectivity index (χ4v) is 5.08. The molecule has 2 aliphatic heterocycles. The molecule has 1 saturated heterocycles. The maximum atomic E-state index is 10.5. The first kappa shape index (κ1) is 27.4. The number of benzene rings is 2. The lowest BCUT2D eigenvalue weighted by Crippen LogP contribution is -2.33. The van der Waals surface area contributed by atoms with Gasteiger partial charge in [-0.05, 0) is 80.5 Å². The average Bonchev–Trinajstić information content (AvgIpc) is 3.34. The molecule has 5 rings (SSSR count). The zero-order valence-electron chi connectivity index (χ0n) is 21.5. The summed E-state index contributed by atoms with van der Waals surface area (Å²) >= 11 is 3.24. The Hall–Kier alpha value is -2.21. The summed E-state index contributed by atoms with van der Waals surface area (Å²) in [6, 6.07) is 13.8. The van der Waals surface area contributed by atoms with E-state index in [0.717, 1.165) is 10.4 Å². The van der Waals surface area contributed by atoms with Crippen LogP contribution in [0.2, 0.25) is 0 Å². The average molecular weight is 544 g/mol. The number of carbonyl (C=O) groups excluding carboxylic acids is 1. The van der Waals surface area contributed by atoms with Crippen LogP contribution in [-0.4, -0.2) is 25.2 Å². The topological polar surface area (TPSA) is 70.4 Å². The summed E-state index contributed by atoms with van der Waals surface area (Å²) in [4.78, 5) is 13.1. The quantitative estimate of drug-likeness (QED) is 0.368. The molecule has 2 heterocycles.